The maximum Gasteiger partial charge on any atom is 0.347 e. The maximum atomic E-state index is 13.4. The molecule has 7 heteroatoms. The molecule has 1 rings (SSSR count). The minimum Gasteiger partial charge on any atom is -0.462 e. The predicted octanol–water partition coefficient (Wildman–Crippen LogP) is 3.01. The van der Waals surface area contributed by atoms with Crippen LogP contribution in [0.15, 0.2) is 34.4 Å². The van der Waals surface area contributed by atoms with Crippen LogP contribution in [0, 0.1) is 5.82 Å². The summed E-state index contributed by atoms with van der Waals surface area (Å²) < 4.78 is 23.1. The summed E-state index contributed by atoms with van der Waals surface area (Å²) in [6.45, 7) is 3.49. The Morgan fingerprint density at radius 2 is 1.81 bits per heavy atom. The Kier molecular flexibility index (Phi) is 6.87. The van der Waals surface area contributed by atoms with Crippen molar-refractivity contribution in [1.29, 1.82) is 0 Å². The second-order valence-corrected chi connectivity index (χ2v) is 4.54. The number of rotatable bonds is 6. The first-order chi connectivity index (χ1) is 10.0. The fourth-order valence-electron chi connectivity index (χ4n) is 1.38. The minimum absolute atomic E-state index is 0.124. The van der Waals surface area contributed by atoms with Crippen LogP contribution in [0.2, 0.25) is 0 Å². The first kappa shape index (κ1) is 17.2. The Balaban J connectivity index is 2.99. The molecule has 1 N–H and O–H groups in total. The largest absolute Gasteiger partial charge is 0.462 e. The molecule has 0 radical (unpaired) electrons. The van der Waals surface area contributed by atoms with Gasteiger partial charge in [0, 0.05) is 6.20 Å². The number of halogens is 2. The number of ether oxygens (including phenoxy) is 2. The Labute approximate surface area is 130 Å². The summed E-state index contributed by atoms with van der Waals surface area (Å²) in [7, 11) is 0. The molecular formula is C14H15BrFNO4. The highest BCUT2D eigenvalue weighted by Crippen LogP contribution is 2.25. The third-order valence-electron chi connectivity index (χ3n) is 2.31. The molecule has 0 bridgehead atoms. The van der Waals surface area contributed by atoms with Gasteiger partial charge in [-0.05, 0) is 41.9 Å². The SMILES string of the molecule is CCOC(=O)C(=CNc1cccc(F)c1Br)C(=O)OCC. The van der Waals surface area contributed by atoms with Crippen LogP contribution in [-0.4, -0.2) is 25.2 Å². The Morgan fingerprint density at radius 1 is 1.24 bits per heavy atom. The van der Waals surface area contributed by atoms with E-state index in [2.05, 4.69) is 21.2 Å². The summed E-state index contributed by atoms with van der Waals surface area (Å²) in [5, 5.41) is 2.68. The highest BCUT2D eigenvalue weighted by atomic mass is 79.9. The first-order valence-corrected chi connectivity index (χ1v) is 7.05. The van der Waals surface area contributed by atoms with Crippen LogP contribution in [0.4, 0.5) is 10.1 Å². The molecule has 21 heavy (non-hydrogen) atoms. The van der Waals surface area contributed by atoms with Crippen LogP contribution >= 0.6 is 15.9 Å². The Bertz CT molecular complexity index is 540. The second-order valence-electron chi connectivity index (χ2n) is 3.74. The molecular weight excluding hydrogens is 345 g/mol. The average molecular weight is 360 g/mol. The number of esters is 2. The van der Waals surface area contributed by atoms with Gasteiger partial charge in [-0.25, -0.2) is 14.0 Å². The number of benzene rings is 1. The lowest BCUT2D eigenvalue weighted by molar-refractivity contribution is -0.146. The van der Waals surface area contributed by atoms with E-state index in [4.69, 9.17) is 9.47 Å². The normalized spacial score (nSPS) is 9.71. The number of carbonyl (C=O) groups excluding carboxylic acids is 2. The van der Waals surface area contributed by atoms with Crippen LogP contribution in [0.25, 0.3) is 0 Å². The summed E-state index contributed by atoms with van der Waals surface area (Å²) in [5.41, 5.74) is 0.0657. The number of hydrogen-bond donors (Lipinski definition) is 1. The van der Waals surface area contributed by atoms with Crippen LogP contribution in [0.1, 0.15) is 13.8 Å². The molecule has 0 saturated carbocycles. The number of carbonyl (C=O) groups is 2. The molecule has 1 aromatic rings. The fourth-order valence-corrected chi connectivity index (χ4v) is 1.76. The lowest BCUT2D eigenvalue weighted by atomic mass is 10.2. The van der Waals surface area contributed by atoms with Gasteiger partial charge in [0.2, 0.25) is 0 Å². The monoisotopic (exact) mass is 359 g/mol. The zero-order chi connectivity index (χ0) is 15.8. The van der Waals surface area contributed by atoms with Gasteiger partial charge < -0.3 is 14.8 Å². The minimum atomic E-state index is -0.809. The van der Waals surface area contributed by atoms with Gasteiger partial charge in [-0.1, -0.05) is 6.07 Å². The molecule has 0 atom stereocenters. The van der Waals surface area contributed by atoms with Crippen molar-refractivity contribution < 1.29 is 23.5 Å². The van der Waals surface area contributed by atoms with Gasteiger partial charge in [0.1, 0.15) is 5.82 Å². The van der Waals surface area contributed by atoms with E-state index < -0.39 is 17.8 Å². The average Bonchev–Trinajstić information content (AvgIpc) is 2.44. The van der Waals surface area contributed by atoms with Crippen LogP contribution < -0.4 is 5.32 Å². The van der Waals surface area contributed by atoms with E-state index in [1.807, 2.05) is 0 Å². The Hall–Kier alpha value is -1.89. The number of anilines is 1. The molecule has 0 fully saturated rings. The van der Waals surface area contributed by atoms with E-state index in [0.717, 1.165) is 6.20 Å². The lowest BCUT2D eigenvalue weighted by Gasteiger charge is -2.09. The molecule has 0 spiro atoms. The maximum absolute atomic E-state index is 13.4. The summed E-state index contributed by atoms with van der Waals surface area (Å²) >= 11 is 3.07. The standard InChI is InChI=1S/C14H15BrFNO4/c1-3-20-13(18)9(14(19)21-4-2)8-17-11-7-5-6-10(16)12(11)15/h5-8,17H,3-4H2,1-2H3. The summed E-state index contributed by atoms with van der Waals surface area (Å²) in [5.74, 6) is -2.09. The fraction of sp³-hybridized carbons (Fsp3) is 0.286. The van der Waals surface area contributed by atoms with E-state index in [1.165, 1.54) is 12.1 Å². The molecule has 0 aliphatic heterocycles. The van der Waals surface area contributed by atoms with E-state index >= 15 is 0 Å². The molecule has 0 unspecified atom stereocenters. The third-order valence-corrected chi connectivity index (χ3v) is 3.12. The van der Waals surface area contributed by atoms with Gasteiger partial charge >= 0.3 is 11.9 Å². The van der Waals surface area contributed by atoms with Gasteiger partial charge in [-0.3, -0.25) is 0 Å². The van der Waals surface area contributed by atoms with E-state index in [0.29, 0.717) is 5.69 Å². The van der Waals surface area contributed by atoms with E-state index in [9.17, 15) is 14.0 Å². The van der Waals surface area contributed by atoms with Gasteiger partial charge in [0.05, 0.1) is 23.4 Å². The topological polar surface area (TPSA) is 64.6 Å². The quantitative estimate of drug-likeness (QED) is 0.366. The zero-order valence-electron chi connectivity index (χ0n) is 11.6. The number of hydrogen-bond acceptors (Lipinski definition) is 5. The van der Waals surface area contributed by atoms with Crippen LogP contribution in [0.5, 0.6) is 0 Å². The van der Waals surface area contributed by atoms with Crippen LogP contribution in [-0.2, 0) is 19.1 Å². The summed E-state index contributed by atoms with van der Waals surface area (Å²) in [6.07, 6.45) is 1.13. The zero-order valence-corrected chi connectivity index (χ0v) is 13.2. The number of nitrogens with one attached hydrogen (secondary N) is 1. The summed E-state index contributed by atoms with van der Waals surface area (Å²) in [4.78, 5) is 23.4. The molecule has 0 heterocycles. The van der Waals surface area contributed by atoms with Crippen molar-refractivity contribution >= 4 is 33.6 Å². The molecule has 114 valence electrons. The van der Waals surface area contributed by atoms with Crippen molar-refractivity contribution in [2.24, 2.45) is 0 Å². The van der Waals surface area contributed by atoms with E-state index in [-0.39, 0.29) is 23.3 Å². The predicted molar refractivity (Wildman–Crippen MR) is 79.1 cm³/mol. The van der Waals surface area contributed by atoms with Crippen LogP contribution in [0.3, 0.4) is 0 Å². The van der Waals surface area contributed by atoms with E-state index in [1.54, 1.807) is 19.9 Å². The van der Waals surface area contributed by atoms with Gasteiger partial charge in [-0.15, -0.1) is 0 Å². The van der Waals surface area contributed by atoms with Crippen molar-refractivity contribution in [1.82, 2.24) is 0 Å². The van der Waals surface area contributed by atoms with Gasteiger partial charge in [0.25, 0.3) is 0 Å². The molecule has 0 aliphatic carbocycles. The second kappa shape index (κ2) is 8.41. The first-order valence-electron chi connectivity index (χ1n) is 6.26. The van der Waals surface area contributed by atoms with Crippen molar-refractivity contribution in [2.45, 2.75) is 13.8 Å². The smallest absolute Gasteiger partial charge is 0.347 e. The molecule has 0 aromatic heterocycles. The highest BCUT2D eigenvalue weighted by molar-refractivity contribution is 9.10. The Morgan fingerprint density at radius 3 is 2.33 bits per heavy atom. The van der Waals surface area contributed by atoms with Crippen molar-refractivity contribution in [3.05, 3.63) is 40.3 Å². The van der Waals surface area contributed by atoms with Crippen molar-refractivity contribution in [3.8, 4) is 0 Å². The third kappa shape index (κ3) is 4.86. The molecule has 1 aromatic carbocycles. The van der Waals surface area contributed by atoms with Crippen molar-refractivity contribution in [2.75, 3.05) is 18.5 Å². The molecule has 5 nitrogen and oxygen atoms in total. The summed E-state index contributed by atoms with van der Waals surface area (Å²) in [6, 6.07) is 4.35. The highest BCUT2D eigenvalue weighted by Gasteiger charge is 2.21. The molecule has 0 amide bonds. The van der Waals surface area contributed by atoms with Gasteiger partial charge in [-0.2, -0.15) is 0 Å². The molecule has 0 aliphatic rings. The molecule has 0 saturated heterocycles. The van der Waals surface area contributed by atoms with Crippen molar-refractivity contribution in [3.63, 3.8) is 0 Å². The van der Waals surface area contributed by atoms with Gasteiger partial charge in [0.15, 0.2) is 5.57 Å². The lowest BCUT2D eigenvalue weighted by Crippen LogP contribution is -2.19.